The molecule has 0 atom stereocenters. The van der Waals surface area contributed by atoms with E-state index in [1.165, 1.54) is 15.6 Å². The Morgan fingerprint density at radius 1 is 1.30 bits per heavy atom. The van der Waals surface area contributed by atoms with E-state index < -0.39 is 0 Å². The van der Waals surface area contributed by atoms with Crippen molar-refractivity contribution in [3.63, 3.8) is 0 Å². The third kappa shape index (κ3) is 3.14. The lowest BCUT2D eigenvalue weighted by Crippen LogP contribution is -2.28. The predicted molar refractivity (Wildman–Crippen MR) is 88.0 cm³/mol. The summed E-state index contributed by atoms with van der Waals surface area (Å²) in [5.41, 5.74) is 0.839. The van der Waals surface area contributed by atoms with E-state index in [1.807, 2.05) is 19.1 Å². The second-order valence-corrected chi connectivity index (χ2v) is 5.73. The van der Waals surface area contributed by atoms with Crippen molar-refractivity contribution in [2.45, 2.75) is 20.0 Å². The van der Waals surface area contributed by atoms with E-state index in [1.54, 1.807) is 12.1 Å². The fourth-order valence-corrected chi connectivity index (χ4v) is 2.37. The lowest BCUT2D eigenvalue weighted by Gasteiger charge is -2.07. The van der Waals surface area contributed by atoms with E-state index in [0.29, 0.717) is 17.9 Å². The van der Waals surface area contributed by atoms with Crippen molar-refractivity contribution in [1.29, 1.82) is 0 Å². The van der Waals surface area contributed by atoms with Gasteiger partial charge in [-0.25, -0.2) is 9.67 Å². The number of aryl methyl sites for hydroxylation is 1. The van der Waals surface area contributed by atoms with Crippen LogP contribution in [0.4, 0.5) is 5.69 Å². The molecule has 3 aromatic rings. The maximum atomic E-state index is 12.3. The highest BCUT2D eigenvalue weighted by Gasteiger charge is 2.13. The van der Waals surface area contributed by atoms with Gasteiger partial charge in [0.25, 0.3) is 5.56 Å². The third-order valence-electron chi connectivity index (χ3n) is 3.23. The summed E-state index contributed by atoms with van der Waals surface area (Å²) < 4.78 is 3.66. The number of anilines is 1. The number of fused-ring (bicyclic) bond motifs is 1. The van der Waals surface area contributed by atoms with Crippen LogP contribution in [0, 0.1) is 0 Å². The van der Waals surface area contributed by atoms with Crippen LogP contribution >= 0.6 is 15.9 Å². The Morgan fingerprint density at radius 2 is 2.04 bits per heavy atom. The van der Waals surface area contributed by atoms with Gasteiger partial charge in [-0.05, 0) is 31.2 Å². The molecule has 0 bridgehead atoms. The van der Waals surface area contributed by atoms with Gasteiger partial charge < -0.3 is 5.32 Å². The SMILES string of the molecule is CCn1nnc2c(=O)n(CC(=O)Nc3ccc(Br)cc3)cnc21. The highest BCUT2D eigenvalue weighted by Crippen LogP contribution is 2.14. The molecule has 1 N–H and O–H groups in total. The Labute approximate surface area is 139 Å². The third-order valence-corrected chi connectivity index (χ3v) is 3.76. The van der Waals surface area contributed by atoms with Crippen LogP contribution in [0.5, 0.6) is 0 Å². The second kappa shape index (κ2) is 6.29. The number of carbonyl (C=O) groups is 1. The molecule has 2 aromatic heterocycles. The molecule has 3 rings (SSSR count). The van der Waals surface area contributed by atoms with Crippen molar-refractivity contribution in [3.8, 4) is 0 Å². The summed E-state index contributed by atoms with van der Waals surface area (Å²) in [5, 5.41) is 10.4. The van der Waals surface area contributed by atoms with Crippen LogP contribution in [0.25, 0.3) is 11.2 Å². The van der Waals surface area contributed by atoms with Gasteiger partial charge in [0, 0.05) is 16.7 Å². The molecule has 0 aliphatic heterocycles. The molecular formula is C14H13BrN6O2. The van der Waals surface area contributed by atoms with Crippen LogP contribution in [0.1, 0.15) is 6.92 Å². The highest BCUT2D eigenvalue weighted by atomic mass is 79.9. The topological polar surface area (TPSA) is 94.7 Å². The fourth-order valence-electron chi connectivity index (χ4n) is 2.10. The molecule has 0 saturated heterocycles. The minimum Gasteiger partial charge on any atom is -0.325 e. The monoisotopic (exact) mass is 376 g/mol. The molecule has 118 valence electrons. The summed E-state index contributed by atoms with van der Waals surface area (Å²) in [6.45, 7) is 2.31. The van der Waals surface area contributed by atoms with Crippen molar-refractivity contribution in [1.82, 2.24) is 24.5 Å². The Hall–Kier alpha value is -2.55. The Bertz CT molecular complexity index is 915. The molecule has 8 nitrogen and oxygen atoms in total. The van der Waals surface area contributed by atoms with Gasteiger partial charge in [-0.15, -0.1) is 5.10 Å². The maximum Gasteiger partial charge on any atom is 0.283 e. The number of nitrogens with zero attached hydrogens (tertiary/aromatic N) is 5. The summed E-state index contributed by atoms with van der Waals surface area (Å²) in [6.07, 6.45) is 1.33. The maximum absolute atomic E-state index is 12.3. The van der Waals surface area contributed by atoms with E-state index in [4.69, 9.17) is 0 Å². The number of carbonyl (C=O) groups excluding carboxylic acids is 1. The Kier molecular flexibility index (Phi) is 4.20. The van der Waals surface area contributed by atoms with Gasteiger partial charge in [-0.1, -0.05) is 21.1 Å². The summed E-state index contributed by atoms with van der Waals surface area (Å²) in [6, 6.07) is 7.16. The first-order chi connectivity index (χ1) is 11.1. The number of rotatable bonds is 4. The first kappa shape index (κ1) is 15.3. The number of hydrogen-bond donors (Lipinski definition) is 1. The van der Waals surface area contributed by atoms with Gasteiger partial charge in [0.15, 0.2) is 11.2 Å². The number of halogens is 1. The van der Waals surface area contributed by atoms with Crippen molar-refractivity contribution in [2.24, 2.45) is 0 Å². The quantitative estimate of drug-likeness (QED) is 0.742. The number of hydrogen-bond acceptors (Lipinski definition) is 5. The summed E-state index contributed by atoms with van der Waals surface area (Å²) in [7, 11) is 0. The van der Waals surface area contributed by atoms with E-state index in [-0.39, 0.29) is 23.5 Å². The van der Waals surface area contributed by atoms with E-state index >= 15 is 0 Å². The summed E-state index contributed by atoms with van der Waals surface area (Å²) in [5.74, 6) is -0.321. The van der Waals surface area contributed by atoms with Crippen LogP contribution in [0.3, 0.4) is 0 Å². The zero-order valence-corrected chi connectivity index (χ0v) is 13.8. The molecule has 0 spiro atoms. The van der Waals surface area contributed by atoms with Crippen LogP contribution < -0.4 is 10.9 Å². The van der Waals surface area contributed by atoms with E-state index in [0.717, 1.165) is 4.47 Å². The molecule has 0 aliphatic carbocycles. The summed E-state index contributed by atoms with van der Waals surface area (Å²) >= 11 is 3.32. The first-order valence-corrected chi connectivity index (χ1v) is 7.72. The minimum atomic E-state index is -0.388. The van der Waals surface area contributed by atoms with Gasteiger partial charge in [0.1, 0.15) is 12.9 Å². The standard InChI is InChI=1S/C14H13BrN6O2/c1-2-21-13-12(18-19-21)14(23)20(8-16-13)7-11(22)17-10-5-3-9(15)4-6-10/h3-6,8H,2,7H2,1H3,(H,17,22). The van der Waals surface area contributed by atoms with Crippen molar-refractivity contribution in [2.75, 3.05) is 5.32 Å². The molecule has 1 aromatic carbocycles. The van der Waals surface area contributed by atoms with Crippen molar-refractivity contribution < 1.29 is 4.79 Å². The molecule has 1 amide bonds. The Balaban J connectivity index is 1.81. The predicted octanol–water partition coefficient (Wildman–Crippen LogP) is 1.41. The molecule has 0 saturated carbocycles. The molecule has 9 heteroatoms. The first-order valence-electron chi connectivity index (χ1n) is 6.92. The number of benzene rings is 1. The molecule has 0 aliphatic rings. The van der Waals surface area contributed by atoms with Crippen LogP contribution in [-0.4, -0.2) is 30.5 Å². The zero-order chi connectivity index (χ0) is 16.4. The van der Waals surface area contributed by atoms with E-state index in [9.17, 15) is 9.59 Å². The minimum absolute atomic E-state index is 0.142. The van der Waals surface area contributed by atoms with Gasteiger partial charge in [-0.2, -0.15) is 0 Å². The fraction of sp³-hybridized carbons (Fsp3) is 0.214. The highest BCUT2D eigenvalue weighted by molar-refractivity contribution is 9.10. The number of nitrogens with one attached hydrogen (secondary N) is 1. The average Bonchev–Trinajstić information content (AvgIpc) is 2.96. The van der Waals surface area contributed by atoms with Gasteiger partial charge in [0.05, 0.1) is 0 Å². The van der Waals surface area contributed by atoms with Crippen molar-refractivity contribution in [3.05, 3.63) is 45.4 Å². The van der Waals surface area contributed by atoms with Crippen LogP contribution in [0.15, 0.2) is 39.9 Å². The molecule has 23 heavy (non-hydrogen) atoms. The molecular weight excluding hydrogens is 364 g/mol. The molecule has 0 radical (unpaired) electrons. The van der Waals surface area contributed by atoms with Crippen LogP contribution in [-0.2, 0) is 17.9 Å². The normalized spacial score (nSPS) is 10.9. The van der Waals surface area contributed by atoms with Gasteiger partial charge in [-0.3, -0.25) is 14.2 Å². The number of aromatic nitrogens is 5. The Morgan fingerprint density at radius 3 is 2.74 bits per heavy atom. The van der Waals surface area contributed by atoms with Gasteiger partial charge in [0.2, 0.25) is 5.91 Å². The molecule has 2 heterocycles. The smallest absolute Gasteiger partial charge is 0.283 e. The van der Waals surface area contributed by atoms with Gasteiger partial charge >= 0.3 is 0 Å². The van der Waals surface area contributed by atoms with E-state index in [2.05, 4.69) is 36.5 Å². The number of amides is 1. The summed E-state index contributed by atoms with van der Waals surface area (Å²) in [4.78, 5) is 28.5. The zero-order valence-electron chi connectivity index (χ0n) is 12.2. The molecule has 0 unspecified atom stereocenters. The second-order valence-electron chi connectivity index (χ2n) is 4.81. The lowest BCUT2D eigenvalue weighted by molar-refractivity contribution is -0.116. The average molecular weight is 377 g/mol. The lowest BCUT2D eigenvalue weighted by atomic mass is 10.3. The van der Waals surface area contributed by atoms with Crippen molar-refractivity contribution >= 4 is 38.7 Å². The largest absolute Gasteiger partial charge is 0.325 e. The van der Waals surface area contributed by atoms with Crippen LogP contribution in [0.2, 0.25) is 0 Å². The molecule has 0 fully saturated rings.